The third kappa shape index (κ3) is 8.77. The van der Waals surface area contributed by atoms with Crippen molar-refractivity contribution in [2.45, 2.75) is 26.5 Å². The molecule has 0 aliphatic heterocycles. The van der Waals surface area contributed by atoms with Crippen LogP contribution >= 0.6 is 24.8 Å². The van der Waals surface area contributed by atoms with E-state index in [2.05, 4.69) is 35.8 Å². The molecule has 26 heavy (non-hydrogen) atoms. The molecule has 0 amide bonds. The second-order valence-electron chi connectivity index (χ2n) is 5.64. The van der Waals surface area contributed by atoms with Gasteiger partial charge in [-0.05, 0) is 49.3 Å². The van der Waals surface area contributed by atoms with Crippen LogP contribution in [-0.2, 0) is 13.2 Å². The fourth-order valence-corrected chi connectivity index (χ4v) is 2.42. The Morgan fingerprint density at radius 2 is 1.58 bits per heavy atom. The lowest BCUT2D eigenvalue weighted by Gasteiger charge is -2.13. The van der Waals surface area contributed by atoms with E-state index in [0.717, 1.165) is 49.7 Å². The van der Waals surface area contributed by atoms with Gasteiger partial charge >= 0.3 is 0 Å². The molecule has 0 aliphatic rings. The van der Waals surface area contributed by atoms with Crippen LogP contribution in [0.25, 0.3) is 0 Å². The molecule has 146 valence electrons. The van der Waals surface area contributed by atoms with Gasteiger partial charge in [0.05, 0.1) is 7.11 Å². The van der Waals surface area contributed by atoms with Crippen LogP contribution in [-0.4, -0.2) is 26.7 Å². The number of benzene rings is 2. The highest BCUT2D eigenvalue weighted by molar-refractivity contribution is 5.85. The molecule has 0 spiro atoms. The number of halogens is 2. The zero-order valence-electron chi connectivity index (χ0n) is 15.5. The summed E-state index contributed by atoms with van der Waals surface area (Å²) in [6.07, 6.45) is 1.13. The van der Waals surface area contributed by atoms with Crippen LogP contribution < -0.4 is 20.1 Å². The van der Waals surface area contributed by atoms with E-state index in [1.165, 1.54) is 5.56 Å². The van der Waals surface area contributed by atoms with Gasteiger partial charge in [-0.3, -0.25) is 0 Å². The fourth-order valence-electron chi connectivity index (χ4n) is 2.42. The van der Waals surface area contributed by atoms with Crippen molar-refractivity contribution in [1.29, 1.82) is 0 Å². The monoisotopic (exact) mass is 400 g/mol. The van der Waals surface area contributed by atoms with Crippen LogP contribution in [0.5, 0.6) is 11.5 Å². The Bertz CT molecular complexity index is 598. The lowest BCUT2D eigenvalue weighted by Crippen LogP contribution is -2.21. The molecule has 0 saturated heterocycles. The van der Waals surface area contributed by atoms with E-state index in [-0.39, 0.29) is 24.8 Å². The summed E-state index contributed by atoms with van der Waals surface area (Å²) >= 11 is 0. The summed E-state index contributed by atoms with van der Waals surface area (Å²) in [5.74, 6) is 1.55. The molecule has 2 N–H and O–H groups in total. The van der Waals surface area contributed by atoms with E-state index >= 15 is 0 Å². The number of ether oxygens (including phenoxy) is 2. The van der Waals surface area contributed by atoms with Gasteiger partial charge in [0.2, 0.25) is 0 Å². The molecule has 0 radical (unpaired) electrons. The summed E-state index contributed by atoms with van der Waals surface area (Å²) in [6.45, 7) is 6.59. The summed E-state index contributed by atoms with van der Waals surface area (Å²) in [7, 11) is 1.68. The first-order chi connectivity index (χ1) is 11.8. The van der Waals surface area contributed by atoms with Crippen LogP contribution in [0, 0.1) is 0 Å². The molecule has 2 rings (SSSR count). The highest BCUT2D eigenvalue weighted by Gasteiger charge is 2.06. The third-order valence-electron chi connectivity index (χ3n) is 3.75. The number of hydrogen-bond acceptors (Lipinski definition) is 4. The number of methoxy groups -OCH3 is 1. The van der Waals surface area contributed by atoms with Gasteiger partial charge < -0.3 is 20.1 Å². The van der Waals surface area contributed by atoms with Crippen LogP contribution in [0.1, 0.15) is 24.5 Å². The standard InChI is InChI=1S/C20H28N2O2.2ClH/c1-3-21-12-7-13-22-15-18-10-11-19(20(14-18)23-2)24-16-17-8-5-4-6-9-17;;/h4-6,8-11,14,21-22H,3,7,12-13,15-16H2,1-2H3;2*1H. The van der Waals surface area contributed by atoms with Crippen LogP contribution in [0.4, 0.5) is 0 Å². The van der Waals surface area contributed by atoms with E-state index in [9.17, 15) is 0 Å². The minimum atomic E-state index is 0. The van der Waals surface area contributed by atoms with E-state index in [1.807, 2.05) is 30.3 Å². The molecule has 0 heterocycles. The zero-order valence-corrected chi connectivity index (χ0v) is 17.1. The van der Waals surface area contributed by atoms with Gasteiger partial charge in [0.15, 0.2) is 11.5 Å². The smallest absolute Gasteiger partial charge is 0.161 e. The van der Waals surface area contributed by atoms with Crippen molar-refractivity contribution in [3.8, 4) is 11.5 Å². The van der Waals surface area contributed by atoms with Crippen molar-refractivity contribution < 1.29 is 9.47 Å². The normalized spacial score (nSPS) is 9.77. The molecule has 4 nitrogen and oxygen atoms in total. The second kappa shape index (κ2) is 14.7. The lowest BCUT2D eigenvalue weighted by atomic mass is 10.2. The molecule has 0 fully saturated rings. The molecule has 0 bridgehead atoms. The van der Waals surface area contributed by atoms with Crippen molar-refractivity contribution in [3.63, 3.8) is 0 Å². The first kappa shape index (κ1) is 24.5. The summed E-state index contributed by atoms with van der Waals surface area (Å²) in [5, 5.41) is 6.78. The van der Waals surface area contributed by atoms with Gasteiger partial charge in [0, 0.05) is 6.54 Å². The van der Waals surface area contributed by atoms with E-state index in [0.29, 0.717) is 6.61 Å². The van der Waals surface area contributed by atoms with Crippen molar-refractivity contribution >= 4 is 24.8 Å². The summed E-state index contributed by atoms with van der Waals surface area (Å²) < 4.78 is 11.4. The minimum Gasteiger partial charge on any atom is -0.493 e. The molecule has 0 atom stereocenters. The Kier molecular flexibility index (Phi) is 13.9. The first-order valence-corrected chi connectivity index (χ1v) is 8.58. The largest absolute Gasteiger partial charge is 0.493 e. The molecule has 0 aliphatic carbocycles. The SMILES string of the molecule is CCNCCCNCc1ccc(OCc2ccccc2)c(OC)c1.Cl.Cl. The van der Waals surface area contributed by atoms with Crippen molar-refractivity contribution in [2.75, 3.05) is 26.7 Å². The molecule has 6 heteroatoms. The minimum absolute atomic E-state index is 0. The van der Waals surface area contributed by atoms with Gasteiger partial charge in [0.1, 0.15) is 6.61 Å². The highest BCUT2D eigenvalue weighted by Crippen LogP contribution is 2.28. The number of rotatable bonds is 11. The molecule has 0 aromatic heterocycles. The van der Waals surface area contributed by atoms with Crippen LogP contribution in [0.15, 0.2) is 48.5 Å². The van der Waals surface area contributed by atoms with Crippen molar-refractivity contribution in [1.82, 2.24) is 10.6 Å². The zero-order chi connectivity index (χ0) is 17.0. The van der Waals surface area contributed by atoms with Gasteiger partial charge in [-0.2, -0.15) is 0 Å². The average Bonchev–Trinajstić information content (AvgIpc) is 2.64. The Morgan fingerprint density at radius 3 is 2.27 bits per heavy atom. The van der Waals surface area contributed by atoms with Gasteiger partial charge in [0.25, 0.3) is 0 Å². The topological polar surface area (TPSA) is 42.5 Å². The maximum atomic E-state index is 5.89. The Morgan fingerprint density at radius 1 is 0.846 bits per heavy atom. The lowest BCUT2D eigenvalue weighted by molar-refractivity contribution is 0.284. The summed E-state index contributed by atoms with van der Waals surface area (Å²) in [4.78, 5) is 0. The third-order valence-corrected chi connectivity index (χ3v) is 3.75. The maximum Gasteiger partial charge on any atom is 0.161 e. The van der Waals surface area contributed by atoms with Gasteiger partial charge in [-0.25, -0.2) is 0 Å². The average molecular weight is 401 g/mol. The Balaban J connectivity index is 0.00000312. The molecular formula is C20H30Cl2N2O2. The first-order valence-electron chi connectivity index (χ1n) is 8.58. The van der Waals surface area contributed by atoms with Crippen LogP contribution in [0.3, 0.4) is 0 Å². The maximum absolute atomic E-state index is 5.89. The highest BCUT2D eigenvalue weighted by atomic mass is 35.5. The van der Waals surface area contributed by atoms with Gasteiger partial charge in [-0.1, -0.05) is 43.3 Å². The van der Waals surface area contributed by atoms with Crippen molar-refractivity contribution in [2.24, 2.45) is 0 Å². The molecule has 2 aromatic rings. The predicted octanol–water partition coefficient (Wildman–Crippen LogP) is 4.21. The number of nitrogens with one attached hydrogen (secondary N) is 2. The Labute approximate surface area is 169 Å². The molecular weight excluding hydrogens is 371 g/mol. The predicted molar refractivity (Wildman–Crippen MR) is 113 cm³/mol. The number of hydrogen-bond donors (Lipinski definition) is 2. The summed E-state index contributed by atoms with van der Waals surface area (Å²) in [5.41, 5.74) is 2.34. The fraction of sp³-hybridized carbons (Fsp3) is 0.400. The second-order valence-corrected chi connectivity index (χ2v) is 5.64. The molecule has 0 saturated carbocycles. The quantitative estimate of drug-likeness (QED) is 0.554. The van der Waals surface area contributed by atoms with Crippen LogP contribution in [0.2, 0.25) is 0 Å². The van der Waals surface area contributed by atoms with E-state index in [4.69, 9.17) is 9.47 Å². The van der Waals surface area contributed by atoms with Gasteiger partial charge in [-0.15, -0.1) is 24.8 Å². The molecule has 2 aromatic carbocycles. The van der Waals surface area contributed by atoms with Crippen molar-refractivity contribution in [3.05, 3.63) is 59.7 Å². The van der Waals surface area contributed by atoms with E-state index in [1.54, 1.807) is 7.11 Å². The van der Waals surface area contributed by atoms with E-state index < -0.39 is 0 Å². The molecule has 0 unspecified atom stereocenters. The Hall–Kier alpha value is -1.46. The summed E-state index contributed by atoms with van der Waals surface area (Å²) in [6, 6.07) is 16.2.